The summed E-state index contributed by atoms with van der Waals surface area (Å²) in [5.74, 6) is -2.31. The first-order valence-electron chi connectivity index (χ1n) is 20.0. The topological polar surface area (TPSA) is 106 Å². The van der Waals surface area contributed by atoms with E-state index in [4.69, 9.17) is 0 Å². The SMILES string of the molecule is C=Cc1ccccn1.C=Cc1ccccn1.Cc1ccc(-c2cccc(-c3ccc(C)cc3)c2C(=O)[O-])cc1.Cc1ccc(-c2cccc(-c3ccc(C)cc3)c2C(=O)[O-])cc1.[Fe+2]. The number of aromatic carboxylic acids is 2. The van der Waals surface area contributed by atoms with Crippen LogP contribution in [0.5, 0.6) is 0 Å². The number of carbonyl (C=O) groups is 2. The Morgan fingerprint density at radius 2 is 0.651 bits per heavy atom. The zero-order valence-electron chi connectivity index (χ0n) is 35.8. The van der Waals surface area contributed by atoms with Gasteiger partial charge in [-0.1, -0.05) is 181 Å². The monoisotopic (exact) mass is 868 g/mol. The molecule has 0 N–H and O–H groups in total. The Kier molecular flexibility index (Phi) is 18.5. The zero-order chi connectivity index (χ0) is 44.4. The molecule has 0 saturated carbocycles. The van der Waals surface area contributed by atoms with Crippen molar-refractivity contribution < 1.29 is 36.9 Å². The normalized spacial score (nSPS) is 9.84. The summed E-state index contributed by atoms with van der Waals surface area (Å²) in [7, 11) is 0. The second-order valence-corrected chi connectivity index (χ2v) is 14.4. The standard InChI is InChI=1S/2C21H18O2.2C7H7N.Fe/c2*1-14-6-10-16(11-7-14)18-4-3-5-19(20(18)21(22)23)17-12-8-15(2)9-13-17;2*1-2-7-5-3-4-6-8-7;/h2*3-13H,1-2H3,(H,22,23);2*2-6H,1H2;/q;;;;+2/p-2. The van der Waals surface area contributed by atoms with Gasteiger partial charge in [0.25, 0.3) is 0 Å². The van der Waals surface area contributed by atoms with E-state index in [0.29, 0.717) is 22.3 Å². The van der Waals surface area contributed by atoms with Gasteiger partial charge in [-0.3, -0.25) is 9.97 Å². The van der Waals surface area contributed by atoms with E-state index in [1.807, 2.05) is 198 Å². The number of carboxylic acids is 2. The maximum atomic E-state index is 11.8. The van der Waals surface area contributed by atoms with E-state index in [-0.39, 0.29) is 28.2 Å². The maximum absolute atomic E-state index is 11.8. The van der Waals surface area contributed by atoms with E-state index in [0.717, 1.165) is 55.9 Å². The fraction of sp³-hybridized carbons (Fsp3) is 0.0714. The first-order valence-corrected chi connectivity index (χ1v) is 20.0. The molecule has 7 heteroatoms. The number of nitrogens with zero attached hydrogens (tertiary/aromatic N) is 2. The Labute approximate surface area is 381 Å². The van der Waals surface area contributed by atoms with Gasteiger partial charge in [0.1, 0.15) is 0 Å². The van der Waals surface area contributed by atoms with Gasteiger partial charge in [0.15, 0.2) is 0 Å². The molecule has 0 spiro atoms. The predicted octanol–water partition coefficient (Wildman–Crippen LogP) is 11.4. The molecule has 8 rings (SSSR count). The molecule has 0 radical (unpaired) electrons. The van der Waals surface area contributed by atoms with Gasteiger partial charge < -0.3 is 19.8 Å². The van der Waals surface area contributed by atoms with E-state index in [9.17, 15) is 19.8 Å². The minimum absolute atomic E-state index is 0. The Bertz CT molecular complexity index is 2400. The molecule has 0 unspecified atom stereocenters. The van der Waals surface area contributed by atoms with Gasteiger partial charge in [0, 0.05) is 23.5 Å². The van der Waals surface area contributed by atoms with E-state index in [1.54, 1.807) is 24.5 Å². The van der Waals surface area contributed by atoms with Gasteiger partial charge >= 0.3 is 17.1 Å². The number of carboxylic acid groups (broad SMARTS) is 2. The van der Waals surface area contributed by atoms with Gasteiger partial charge in [0.2, 0.25) is 0 Å². The van der Waals surface area contributed by atoms with Gasteiger partial charge in [-0.15, -0.1) is 0 Å². The summed E-state index contributed by atoms with van der Waals surface area (Å²) in [4.78, 5) is 31.6. The molecule has 314 valence electrons. The van der Waals surface area contributed by atoms with Gasteiger partial charge in [-0.25, -0.2) is 0 Å². The van der Waals surface area contributed by atoms with Crippen molar-refractivity contribution in [2.45, 2.75) is 27.7 Å². The van der Waals surface area contributed by atoms with Crippen molar-refractivity contribution in [3.05, 3.63) is 240 Å². The van der Waals surface area contributed by atoms with Crippen LogP contribution in [0.1, 0.15) is 54.4 Å². The number of hydrogen-bond acceptors (Lipinski definition) is 6. The largest absolute Gasteiger partial charge is 2.00 e. The molecule has 2 heterocycles. The molecule has 0 amide bonds. The second-order valence-electron chi connectivity index (χ2n) is 14.4. The van der Waals surface area contributed by atoms with Crippen molar-refractivity contribution in [2.75, 3.05) is 0 Å². The van der Waals surface area contributed by atoms with Crippen molar-refractivity contribution in [3.8, 4) is 44.5 Å². The molecule has 2 aromatic heterocycles. The Balaban J connectivity index is 0.000000203. The van der Waals surface area contributed by atoms with E-state index < -0.39 is 11.9 Å². The first kappa shape index (κ1) is 48.2. The number of rotatable bonds is 8. The number of benzene rings is 6. The smallest absolute Gasteiger partial charge is 0.545 e. The van der Waals surface area contributed by atoms with Crippen LogP contribution in [0.2, 0.25) is 0 Å². The summed E-state index contributed by atoms with van der Waals surface area (Å²) in [5, 5.41) is 23.6. The van der Waals surface area contributed by atoms with E-state index in [1.165, 1.54) is 0 Å². The van der Waals surface area contributed by atoms with Crippen molar-refractivity contribution in [1.82, 2.24) is 9.97 Å². The molecule has 0 atom stereocenters. The van der Waals surface area contributed by atoms with E-state index >= 15 is 0 Å². The van der Waals surface area contributed by atoms with Crippen LogP contribution in [-0.2, 0) is 17.1 Å². The van der Waals surface area contributed by atoms with Crippen LogP contribution in [-0.4, -0.2) is 21.9 Å². The summed E-state index contributed by atoms with van der Waals surface area (Å²) in [6, 6.07) is 53.9. The Morgan fingerprint density at radius 3 is 0.825 bits per heavy atom. The van der Waals surface area contributed by atoms with Crippen LogP contribution in [0.3, 0.4) is 0 Å². The average Bonchev–Trinajstić information content (AvgIpc) is 3.30. The van der Waals surface area contributed by atoms with Crippen LogP contribution in [0.25, 0.3) is 56.7 Å². The summed E-state index contributed by atoms with van der Waals surface area (Å²) in [6.07, 6.45) is 6.94. The molecule has 63 heavy (non-hydrogen) atoms. The molecular formula is C56H48FeN2O4. The van der Waals surface area contributed by atoms with Gasteiger partial charge in [0.05, 0.1) is 23.3 Å². The first-order chi connectivity index (χ1) is 30.0. The molecule has 0 aliphatic rings. The second kappa shape index (κ2) is 24.1. The molecule has 6 aromatic carbocycles. The Morgan fingerprint density at radius 1 is 0.397 bits per heavy atom. The number of aryl methyl sites for hydroxylation is 4. The van der Waals surface area contributed by atoms with Crippen molar-refractivity contribution in [1.29, 1.82) is 0 Å². The van der Waals surface area contributed by atoms with Crippen molar-refractivity contribution >= 4 is 24.1 Å². The van der Waals surface area contributed by atoms with Gasteiger partial charge in [-0.2, -0.15) is 0 Å². The van der Waals surface area contributed by atoms with Crippen LogP contribution in [0.15, 0.2) is 195 Å². The maximum Gasteiger partial charge on any atom is 2.00 e. The van der Waals surface area contributed by atoms with Crippen molar-refractivity contribution in [2.24, 2.45) is 0 Å². The van der Waals surface area contributed by atoms with Crippen LogP contribution < -0.4 is 10.2 Å². The number of pyridine rings is 2. The third-order valence-electron chi connectivity index (χ3n) is 9.78. The fourth-order valence-electron chi connectivity index (χ4n) is 6.43. The third kappa shape index (κ3) is 13.8. The number of aromatic nitrogens is 2. The van der Waals surface area contributed by atoms with Crippen molar-refractivity contribution in [3.63, 3.8) is 0 Å². The quantitative estimate of drug-likeness (QED) is 0.141. The summed E-state index contributed by atoms with van der Waals surface area (Å²) in [5.41, 5.74) is 13.1. The van der Waals surface area contributed by atoms with Crippen LogP contribution >= 0.6 is 0 Å². The fourth-order valence-corrected chi connectivity index (χ4v) is 6.43. The molecule has 0 aliphatic heterocycles. The Hall–Kier alpha value is -7.44. The zero-order valence-corrected chi connectivity index (χ0v) is 36.9. The van der Waals surface area contributed by atoms with Gasteiger partial charge in [-0.05, 0) is 109 Å². The molecule has 0 fully saturated rings. The molecule has 0 bridgehead atoms. The number of carbonyl (C=O) groups excluding carboxylic acids is 2. The molecular weight excluding hydrogens is 820 g/mol. The molecule has 0 saturated heterocycles. The average molecular weight is 869 g/mol. The molecule has 0 aliphatic carbocycles. The summed E-state index contributed by atoms with van der Waals surface area (Å²) >= 11 is 0. The summed E-state index contributed by atoms with van der Waals surface area (Å²) in [6.45, 7) is 15.2. The number of hydrogen-bond donors (Lipinski definition) is 0. The molecule has 8 aromatic rings. The summed E-state index contributed by atoms with van der Waals surface area (Å²) < 4.78 is 0. The van der Waals surface area contributed by atoms with Crippen LogP contribution in [0.4, 0.5) is 0 Å². The van der Waals surface area contributed by atoms with E-state index in [2.05, 4.69) is 23.1 Å². The van der Waals surface area contributed by atoms with Crippen LogP contribution in [0, 0.1) is 27.7 Å². The third-order valence-corrected chi connectivity index (χ3v) is 9.78. The molecule has 6 nitrogen and oxygen atoms in total. The minimum atomic E-state index is -1.16. The predicted molar refractivity (Wildman–Crippen MR) is 251 cm³/mol. The minimum Gasteiger partial charge on any atom is -0.545 e.